The summed E-state index contributed by atoms with van der Waals surface area (Å²) in [7, 11) is 1.34. The number of hydrogen-bond acceptors (Lipinski definition) is 4. The molecule has 0 radical (unpaired) electrons. The second kappa shape index (κ2) is 6.03. The first-order valence-corrected chi connectivity index (χ1v) is 4.70. The summed E-state index contributed by atoms with van der Waals surface area (Å²) in [5.41, 5.74) is 0.493. The van der Waals surface area contributed by atoms with E-state index < -0.39 is 0 Å². The van der Waals surface area contributed by atoms with E-state index in [0.717, 1.165) is 0 Å². The number of esters is 1. The normalized spacial score (nSPS) is 9.73. The zero-order chi connectivity index (χ0) is 11.1. The van der Waals surface area contributed by atoms with Crippen molar-refractivity contribution in [2.24, 2.45) is 0 Å². The van der Waals surface area contributed by atoms with E-state index in [9.17, 15) is 4.79 Å². The highest BCUT2D eigenvalue weighted by molar-refractivity contribution is 5.89. The number of methoxy groups -OCH3 is 1. The van der Waals surface area contributed by atoms with Crippen molar-refractivity contribution in [3.63, 3.8) is 0 Å². The number of carbonyl (C=O) groups is 1. The molecule has 1 N–H and O–H groups in total. The van der Waals surface area contributed by atoms with E-state index >= 15 is 0 Å². The molecule has 0 bridgehead atoms. The average Bonchev–Trinajstić information content (AvgIpc) is 2.29. The number of ether oxygens (including phenoxy) is 2. The SMILES string of the molecule is COC(=O)c1ccc(OCCCO)cc1. The van der Waals surface area contributed by atoms with E-state index in [1.807, 2.05) is 0 Å². The maximum atomic E-state index is 11.1. The van der Waals surface area contributed by atoms with Crippen LogP contribution < -0.4 is 4.74 Å². The van der Waals surface area contributed by atoms with Gasteiger partial charge in [0.2, 0.25) is 0 Å². The van der Waals surface area contributed by atoms with Crippen LogP contribution in [0.5, 0.6) is 5.75 Å². The Kier molecular flexibility index (Phi) is 4.63. The molecule has 0 heterocycles. The number of benzene rings is 1. The van der Waals surface area contributed by atoms with E-state index in [1.165, 1.54) is 7.11 Å². The number of rotatable bonds is 5. The van der Waals surface area contributed by atoms with Gasteiger partial charge in [-0.05, 0) is 24.3 Å². The Morgan fingerprint density at radius 1 is 1.33 bits per heavy atom. The van der Waals surface area contributed by atoms with Crippen molar-refractivity contribution in [1.82, 2.24) is 0 Å². The van der Waals surface area contributed by atoms with Gasteiger partial charge in [0.15, 0.2) is 0 Å². The van der Waals surface area contributed by atoms with Gasteiger partial charge in [0.05, 0.1) is 19.3 Å². The Balaban J connectivity index is 2.52. The summed E-state index contributed by atoms with van der Waals surface area (Å²) >= 11 is 0. The lowest BCUT2D eigenvalue weighted by Gasteiger charge is -2.05. The Morgan fingerprint density at radius 2 is 2.00 bits per heavy atom. The summed E-state index contributed by atoms with van der Waals surface area (Å²) in [5.74, 6) is 0.313. The maximum absolute atomic E-state index is 11.1. The van der Waals surface area contributed by atoms with Crippen LogP contribution in [0.15, 0.2) is 24.3 Å². The largest absolute Gasteiger partial charge is 0.494 e. The smallest absolute Gasteiger partial charge is 0.337 e. The van der Waals surface area contributed by atoms with E-state index in [2.05, 4.69) is 4.74 Å². The molecule has 1 aromatic carbocycles. The van der Waals surface area contributed by atoms with Crippen LogP contribution in [0, 0.1) is 0 Å². The van der Waals surface area contributed by atoms with Gasteiger partial charge in [-0.15, -0.1) is 0 Å². The molecule has 0 aliphatic carbocycles. The van der Waals surface area contributed by atoms with Crippen LogP contribution in [-0.2, 0) is 4.74 Å². The summed E-state index contributed by atoms with van der Waals surface area (Å²) in [6.07, 6.45) is 0.596. The fraction of sp³-hybridized carbons (Fsp3) is 0.364. The van der Waals surface area contributed by atoms with Gasteiger partial charge < -0.3 is 14.6 Å². The fourth-order valence-electron chi connectivity index (χ4n) is 1.06. The van der Waals surface area contributed by atoms with Crippen LogP contribution in [0.4, 0.5) is 0 Å². The molecule has 0 fully saturated rings. The first-order chi connectivity index (χ1) is 7.27. The molecule has 0 unspecified atom stereocenters. The van der Waals surface area contributed by atoms with E-state index in [4.69, 9.17) is 9.84 Å². The molecule has 82 valence electrons. The molecule has 0 saturated heterocycles. The summed E-state index contributed by atoms with van der Waals surface area (Å²) in [4.78, 5) is 11.1. The van der Waals surface area contributed by atoms with Crippen LogP contribution in [0.1, 0.15) is 16.8 Å². The van der Waals surface area contributed by atoms with Crippen molar-refractivity contribution in [3.05, 3.63) is 29.8 Å². The Hall–Kier alpha value is -1.55. The van der Waals surface area contributed by atoms with Crippen LogP contribution in [0.3, 0.4) is 0 Å². The van der Waals surface area contributed by atoms with Crippen LogP contribution >= 0.6 is 0 Å². The number of aliphatic hydroxyl groups is 1. The van der Waals surface area contributed by atoms with E-state index in [0.29, 0.717) is 24.3 Å². The monoisotopic (exact) mass is 210 g/mol. The summed E-state index contributed by atoms with van der Waals surface area (Å²) < 4.78 is 9.86. The first kappa shape index (κ1) is 11.5. The van der Waals surface area contributed by atoms with Gasteiger partial charge in [-0.2, -0.15) is 0 Å². The highest BCUT2D eigenvalue weighted by Crippen LogP contribution is 2.12. The molecule has 0 aliphatic rings. The van der Waals surface area contributed by atoms with Gasteiger partial charge in [0.25, 0.3) is 0 Å². The quantitative estimate of drug-likeness (QED) is 0.586. The van der Waals surface area contributed by atoms with Crippen molar-refractivity contribution in [2.75, 3.05) is 20.3 Å². The molecule has 0 spiro atoms. The van der Waals surface area contributed by atoms with Crippen molar-refractivity contribution in [1.29, 1.82) is 0 Å². The van der Waals surface area contributed by atoms with Gasteiger partial charge in [0, 0.05) is 13.0 Å². The molecule has 4 heteroatoms. The molecule has 0 aliphatic heterocycles. The highest BCUT2D eigenvalue weighted by Gasteiger charge is 2.04. The maximum Gasteiger partial charge on any atom is 0.337 e. The fourth-order valence-corrected chi connectivity index (χ4v) is 1.06. The van der Waals surface area contributed by atoms with Gasteiger partial charge in [0.1, 0.15) is 5.75 Å². The second-order valence-corrected chi connectivity index (χ2v) is 2.94. The van der Waals surface area contributed by atoms with Crippen molar-refractivity contribution in [2.45, 2.75) is 6.42 Å². The summed E-state index contributed by atoms with van der Waals surface area (Å²) in [6.45, 7) is 0.578. The average molecular weight is 210 g/mol. The molecule has 1 rings (SSSR count). The standard InChI is InChI=1S/C11H14O4/c1-14-11(13)9-3-5-10(6-4-9)15-8-2-7-12/h3-6,12H,2,7-8H2,1H3. The summed E-state index contributed by atoms with van der Waals surface area (Å²) in [5, 5.41) is 8.55. The lowest BCUT2D eigenvalue weighted by Crippen LogP contribution is -2.02. The number of aliphatic hydroxyl groups excluding tert-OH is 1. The first-order valence-electron chi connectivity index (χ1n) is 4.70. The van der Waals surface area contributed by atoms with Gasteiger partial charge in [-0.25, -0.2) is 4.79 Å². The van der Waals surface area contributed by atoms with Crippen molar-refractivity contribution < 1.29 is 19.4 Å². The molecule has 0 aromatic heterocycles. The summed E-state index contributed by atoms with van der Waals surface area (Å²) in [6, 6.07) is 6.67. The lowest BCUT2D eigenvalue weighted by molar-refractivity contribution is 0.0600. The molecule has 0 atom stereocenters. The van der Waals surface area contributed by atoms with Crippen LogP contribution in [-0.4, -0.2) is 31.4 Å². The third-order valence-corrected chi connectivity index (χ3v) is 1.85. The zero-order valence-electron chi connectivity index (χ0n) is 8.60. The van der Waals surface area contributed by atoms with Gasteiger partial charge in [-0.1, -0.05) is 0 Å². The third-order valence-electron chi connectivity index (χ3n) is 1.85. The zero-order valence-corrected chi connectivity index (χ0v) is 8.60. The molecule has 15 heavy (non-hydrogen) atoms. The predicted octanol–water partition coefficient (Wildman–Crippen LogP) is 1.23. The molecule has 1 aromatic rings. The Morgan fingerprint density at radius 3 is 2.53 bits per heavy atom. The minimum atomic E-state index is -0.364. The minimum absolute atomic E-state index is 0.111. The number of hydrogen-bond donors (Lipinski definition) is 1. The molecule has 0 saturated carbocycles. The second-order valence-electron chi connectivity index (χ2n) is 2.94. The topological polar surface area (TPSA) is 55.8 Å². The lowest BCUT2D eigenvalue weighted by atomic mass is 10.2. The molecular formula is C11H14O4. The highest BCUT2D eigenvalue weighted by atomic mass is 16.5. The van der Waals surface area contributed by atoms with Crippen molar-refractivity contribution >= 4 is 5.97 Å². The van der Waals surface area contributed by atoms with Crippen LogP contribution in [0.25, 0.3) is 0 Å². The van der Waals surface area contributed by atoms with Crippen molar-refractivity contribution in [3.8, 4) is 5.75 Å². The predicted molar refractivity (Wildman–Crippen MR) is 55.0 cm³/mol. The molecule has 0 amide bonds. The van der Waals surface area contributed by atoms with Gasteiger partial charge >= 0.3 is 5.97 Å². The van der Waals surface area contributed by atoms with E-state index in [1.54, 1.807) is 24.3 Å². The molecular weight excluding hydrogens is 196 g/mol. The van der Waals surface area contributed by atoms with E-state index in [-0.39, 0.29) is 12.6 Å². The Labute approximate surface area is 88.4 Å². The minimum Gasteiger partial charge on any atom is -0.494 e. The molecule has 4 nitrogen and oxygen atoms in total. The number of carbonyl (C=O) groups excluding carboxylic acids is 1. The van der Waals surface area contributed by atoms with Gasteiger partial charge in [-0.3, -0.25) is 0 Å². The van der Waals surface area contributed by atoms with Crippen LogP contribution in [0.2, 0.25) is 0 Å². The Bertz CT molecular complexity index is 305. The third kappa shape index (κ3) is 3.59.